The highest BCUT2D eigenvalue weighted by Gasteiger charge is 2.17. The van der Waals surface area contributed by atoms with E-state index >= 15 is 0 Å². The summed E-state index contributed by atoms with van der Waals surface area (Å²) in [7, 11) is 0. The average Bonchev–Trinajstić information content (AvgIpc) is 3.43. The van der Waals surface area contributed by atoms with Crippen molar-refractivity contribution in [2.75, 3.05) is 10.6 Å². The van der Waals surface area contributed by atoms with Crippen LogP contribution in [0.4, 0.5) is 11.5 Å². The van der Waals surface area contributed by atoms with Crippen molar-refractivity contribution in [3.63, 3.8) is 0 Å². The number of rotatable bonds is 9. The number of thiophene rings is 1. The lowest BCUT2D eigenvalue weighted by Crippen LogP contribution is -2.30. The summed E-state index contributed by atoms with van der Waals surface area (Å²) in [5.41, 5.74) is 1.87. The molecule has 192 valence electrons. The normalized spacial score (nSPS) is 11.9. The minimum atomic E-state index is -0.470. The molecule has 38 heavy (non-hydrogen) atoms. The Morgan fingerprint density at radius 3 is 2.53 bits per heavy atom. The Bertz CT molecular complexity index is 1440. The van der Waals surface area contributed by atoms with Crippen LogP contribution in [-0.2, 0) is 9.59 Å². The number of aromatic nitrogens is 1. The smallest absolute Gasteiger partial charge is 0.272 e. The number of thioether (sulfide) groups is 1. The van der Waals surface area contributed by atoms with Crippen LogP contribution in [0, 0.1) is 0 Å². The molecule has 10 heteroatoms. The summed E-state index contributed by atoms with van der Waals surface area (Å²) in [5, 5.41) is 12.1. The average molecular weight is 563 g/mol. The van der Waals surface area contributed by atoms with Gasteiger partial charge in [-0.25, -0.2) is 4.98 Å². The Morgan fingerprint density at radius 2 is 1.82 bits per heavy atom. The largest absolute Gasteiger partial charge is 0.321 e. The first kappa shape index (κ1) is 27.1. The summed E-state index contributed by atoms with van der Waals surface area (Å²) in [6.45, 7) is 1.78. The molecule has 0 saturated heterocycles. The van der Waals surface area contributed by atoms with Crippen LogP contribution in [0.15, 0.2) is 100 Å². The summed E-state index contributed by atoms with van der Waals surface area (Å²) < 4.78 is 0. The first-order chi connectivity index (χ1) is 18.4. The number of nitrogens with zero attached hydrogens (tertiary/aromatic N) is 1. The van der Waals surface area contributed by atoms with Crippen molar-refractivity contribution in [2.24, 2.45) is 0 Å². The van der Waals surface area contributed by atoms with E-state index in [9.17, 15) is 14.4 Å². The summed E-state index contributed by atoms with van der Waals surface area (Å²) in [5.74, 6) is -0.664. The van der Waals surface area contributed by atoms with Gasteiger partial charge in [-0.2, -0.15) is 11.3 Å². The third-order valence-electron chi connectivity index (χ3n) is 5.14. The molecule has 2 heterocycles. The van der Waals surface area contributed by atoms with Gasteiger partial charge in [-0.1, -0.05) is 35.9 Å². The molecular weight excluding hydrogens is 540 g/mol. The zero-order valence-electron chi connectivity index (χ0n) is 20.2. The lowest BCUT2D eigenvalue weighted by atomic mass is 10.2. The number of halogens is 1. The van der Waals surface area contributed by atoms with Crippen LogP contribution in [0.3, 0.4) is 0 Å². The second-order valence-corrected chi connectivity index (χ2v) is 10.7. The fourth-order valence-corrected chi connectivity index (χ4v) is 4.90. The molecule has 0 fully saturated rings. The molecule has 4 aromatic rings. The maximum atomic E-state index is 13.2. The van der Waals surface area contributed by atoms with Gasteiger partial charge in [-0.05, 0) is 77.9 Å². The van der Waals surface area contributed by atoms with E-state index in [1.807, 2.05) is 29.0 Å². The number of hydrogen-bond acceptors (Lipinski definition) is 6. The molecule has 0 spiro atoms. The molecule has 1 unspecified atom stereocenters. The fourth-order valence-electron chi connectivity index (χ4n) is 3.25. The van der Waals surface area contributed by atoms with Crippen LogP contribution in [-0.4, -0.2) is 28.0 Å². The minimum absolute atomic E-state index is 0.110. The third kappa shape index (κ3) is 7.79. The lowest BCUT2D eigenvalue weighted by Gasteiger charge is -2.14. The standard InChI is InChI=1S/C28H23ClN4O3S2/c1-18(26(34)33-25-11-10-21(29)16-30-25)38-23-9-5-8-22(15-23)31-28(36)24(14-19-12-13-37-17-19)32-27(35)20-6-3-2-4-7-20/h2-18H,1H3,(H,31,36)(H,32,35)(H,30,33,34)/b24-14-. The Hall–Kier alpha value is -3.92. The number of hydrogen-bond donors (Lipinski definition) is 3. The van der Waals surface area contributed by atoms with Crippen LogP contribution in [0.25, 0.3) is 6.08 Å². The van der Waals surface area contributed by atoms with Gasteiger partial charge in [0.05, 0.1) is 10.3 Å². The molecule has 3 amide bonds. The van der Waals surface area contributed by atoms with E-state index in [-0.39, 0.29) is 17.5 Å². The van der Waals surface area contributed by atoms with Crippen molar-refractivity contribution in [3.05, 3.63) is 112 Å². The van der Waals surface area contributed by atoms with Gasteiger partial charge in [0, 0.05) is 22.3 Å². The molecule has 3 N–H and O–H groups in total. The monoisotopic (exact) mass is 562 g/mol. The van der Waals surface area contributed by atoms with Crippen molar-refractivity contribution in [2.45, 2.75) is 17.1 Å². The van der Waals surface area contributed by atoms with E-state index in [0.29, 0.717) is 22.1 Å². The molecular formula is C28H23ClN4O3S2. The highest BCUT2D eigenvalue weighted by molar-refractivity contribution is 8.00. The maximum Gasteiger partial charge on any atom is 0.272 e. The maximum absolute atomic E-state index is 13.2. The second-order valence-electron chi connectivity index (χ2n) is 8.03. The number of carbonyl (C=O) groups excluding carboxylic acids is 3. The first-order valence-electron chi connectivity index (χ1n) is 11.5. The minimum Gasteiger partial charge on any atom is -0.321 e. The molecule has 2 aromatic carbocycles. The lowest BCUT2D eigenvalue weighted by molar-refractivity contribution is -0.115. The van der Waals surface area contributed by atoms with Crippen molar-refractivity contribution in [1.82, 2.24) is 10.3 Å². The molecule has 0 aliphatic carbocycles. The molecule has 0 aliphatic heterocycles. The van der Waals surface area contributed by atoms with Crippen LogP contribution in [0.5, 0.6) is 0 Å². The SMILES string of the molecule is CC(Sc1cccc(NC(=O)/C(=C/c2ccsc2)NC(=O)c2ccccc2)c1)C(=O)Nc1ccc(Cl)cn1. The predicted octanol–water partition coefficient (Wildman–Crippen LogP) is 6.33. The molecule has 2 aromatic heterocycles. The van der Waals surface area contributed by atoms with Gasteiger partial charge in [0.25, 0.3) is 11.8 Å². The fraction of sp³-hybridized carbons (Fsp3) is 0.0714. The zero-order valence-corrected chi connectivity index (χ0v) is 22.6. The highest BCUT2D eigenvalue weighted by Crippen LogP contribution is 2.27. The Kier molecular flexibility index (Phi) is 9.31. The van der Waals surface area contributed by atoms with Gasteiger partial charge in [-0.3, -0.25) is 14.4 Å². The molecule has 4 rings (SSSR count). The van der Waals surface area contributed by atoms with E-state index < -0.39 is 11.2 Å². The van der Waals surface area contributed by atoms with Crippen molar-refractivity contribution < 1.29 is 14.4 Å². The van der Waals surface area contributed by atoms with Crippen LogP contribution in [0.2, 0.25) is 5.02 Å². The summed E-state index contributed by atoms with van der Waals surface area (Å²) >= 11 is 8.67. The third-order valence-corrected chi connectivity index (χ3v) is 7.15. The number of benzene rings is 2. The van der Waals surface area contributed by atoms with Crippen molar-refractivity contribution in [1.29, 1.82) is 0 Å². The molecule has 7 nitrogen and oxygen atoms in total. The van der Waals surface area contributed by atoms with E-state index in [1.165, 1.54) is 29.3 Å². The summed E-state index contributed by atoms with van der Waals surface area (Å²) in [4.78, 5) is 43.4. The number of anilines is 2. The van der Waals surface area contributed by atoms with Crippen molar-refractivity contribution in [3.8, 4) is 0 Å². The number of carbonyl (C=O) groups is 3. The predicted molar refractivity (Wildman–Crippen MR) is 154 cm³/mol. The van der Waals surface area contributed by atoms with Gasteiger partial charge >= 0.3 is 0 Å². The number of nitrogens with one attached hydrogen (secondary N) is 3. The number of pyridine rings is 1. The highest BCUT2D eigenvalue weighted by atomic mass is 35.5. The quantitative estimate of drug-likeness (QED) is 0.164. The van der Waals surface area contributed by atoms with Gasteiger partial charge in [0.15, 0.2) is 0 Å². The summed E-state index contributed by atoms with van der Waals surface area (Å²) in [6.07, 6.45) is 3.09. The van der Waals surface area contributed by atoms with E-state index in [2.05, 4.69) is 20.9 Å². The van der Waals surface area contributed by atoms with Gasteiger partial charge in [0.1, 0.15) is 11.5 Å². The number of amides is 3. The van der Waals surface area contributed by atoms with Gasteiger partial charge in [-0.15, -0.1) is 11.8 Å². The van der Waals surface area contributed by atoms with Crippen LogP contribution in [0.1, 0.15) is 22.8 Å². The Labute approximate surface area is 233 Å². The molecule has 1 atom stereocenters. The Morgan fingerprint density at radius 1 is 1.00 bits per heavy atom. The van der Waals surface area contributed by atoms with Gasteiger partial charge < -0.3 is 16.0 Å². The van der Waals surface area contributed by atoms with E-state index in [4.69, 9.17) is 11.6 Å². The van der Waals surface area contributed by atoms with Gasteiger partial charge in [0.2, 0.25) is 5.91 Å². The summed E-state index contributed by atoms with van der Waals surface area (Å²) in [6, 6.07) is 21.0. The van der Waals surface area contributed by atoms with Crippen LogP contribution >= 0.6 is 34.7 Å². The van der Waals surface area contributed by atoms with E-state index in [1.54, 1.807) is 67.6 Å². The van der Waals surface area contributed by atoms with Crippen LogP contribution < -0.4 is 16.0 Å². The second kappa shape index (κ2) is 13.0. The molecule has 0 saturated carbocycles. The first-order valence-corrected chi connectivity index (χ1v) is 13.7. The molecule has 0 aliphatic rings. The Balaban J connectivity index is 1.44. The topological polar surface area (TPSA) is 100 Å². The zero-order chi connectivity index (χ0) is 26.9. The molecule has 0 radical (unpaired) electrons. The van der Waals surface area contributed by atoms with Crippen molar-refractivity contribution >= 4 is 70.0 Å². The van der Waals surface area contributed by atoms with E-state index in [0.717, 1.165) is 10.5 Å². The molecule has 0 bridgehead atoms.